The average Bonchev–Trinajstić information content (AvgIpc) is 2.93. The van der Waals surface area contributed by atoms with E-state index < -0.39 is 0 Å². The predicted octanol–water partition coefficient (Wildman–Crippen LogP) is 3.38. The van der Waals surface area contributed by atoms with Crippen LogP contribution in [-0.4, -0.2) is 4.98 Å². The lowest BCUT2D eigenvalue weighted by Gasteiger charge is -2.34. The minimum atomic E-state index is 0.260. The van der Waals surface area contributed by atoms with Crippen LogP contribution >= 0.6 is 0 Å². The summed E-state index contributed by atoms with van der Waals surface area (Å²) in [5.74, 6) is 2.99. The third kappa shape index (κ3) is 2.59. The number of aryl methyl sites for hydroxylation is 1. The van der Waals surface area contributed by atoms with Gasteiger partial charge in [0.1, 0.15) is 17.3 Å². The molecule has 1 aliphatic rings. The van der Waals surface area contributed by atoms with Gasteiger partial charge < -0.3 is 14.2 Å². The van der Waals surface area contributed by atoms with Crippen molar-refractivity contribution >= 4 is 0 Å². The van der Waals surface area contributed by atoms with Crippen molar-refractivity contribution in [1.29, 1.82) is 0 Å². The Morgan fingerprint density at radius 1 is 1.47 bits per heavy atom. The molecule has 4 heteroatoms. The molecule has 0 aliphatic heterocycles. The van der Waals surface area contributed by atoms with Crippen LogP contribution in [0.3, 0.4) is 0 Å². The average molecular weight is 260 g/mol. The summed E-state index contributed by atoms with van der Waals surface area (Å²) >= 11 is 0. The molecule has 1 aliphatic carbocycles. The topological polar surface area (TPSA) is 51.2 Å². The summed E-state index contributed by atoms with van der Waals surface area (Å²) in [4.78, 5) is 3.94. The minimum absolute atomic E-state index is 0.260. The first-order valence-corrected chi connectivity index (χ1v) is 6.73. The molecule has 3 rings (SSSR count). The molecule has 0 radical (unpaired) electrons. The number of rotatable bonds is 3. The molecule has 0 spiro atoms. The maximum Gasteiger partial charge on any atom is 0.180 e. The van der Waals surface area contributed by atoms with Gasteiger partial charge in [-0.3, -0.25) is 0 Å². The van der Waals surface area contributed by atoms with Gasteiger partial charge >= 0.3 is 0 Å². The van der Waals surface area contributed by atoms with Gasteiger partial charge in [0, 0.05) is 18.0 Å². The van der Waals surface area contributed by atoms with E-state index in [1.807, 2.05) is 6.92 Å². The van der Waals surface area contributed by atoms with E-state index in [-0.39, 0.29) is 5.41 Å². The molecule has 0 saturated carbocycles. The van der Waals surface area contributed by atoms with Crippen LogP contribution in [0.15, 0.2) is 27.5 Å². The van der Waals surface area contributed by atoms with E-state index in [0.29, 0.717) is 12.6 Å². The molecule has 0 amide bonds. The summed E-state index contributed by atoms with van der Waals surface area (Å²) in [6, 6.07) is 2.48. The van der Waals surface area contributed by atoms with Gasteiger partial charge in [-0.1, -0.05) is 13.8 Å². The molecular formula is C15H20N2O2. The summed E-state index contributed by atoms with van der Waals surface area (Å²) in [6.45, 7) is 7.29. The number of fused-ring (bicyclic) bond motifs is 1. The van der Waals surface area contributed by atoms with E-state index in [0.717, 1.165) is 30.1 Å². The fourth-order valence-corrected chi connectivity index (χ4v) is 2.92. The van der Waals surface area contributed by atoms with Gasteiger partial charge in [0.25, 0.3) is 0 Å². The highest BCUT2D eigenvalue weighted by Gasteiger charge is 2.34. The van der Waals surface area contributed by atoms with Gasteiger partial charge in [-0.05, 0) is 24.8 Å². The molecule has 2 aromatic rings. The number of furan rings is 1. The first-order valence-electron chi connectivity index (χ1n) is 6.73. The Kier molecular flexibility index (Phi) is 2.97. The molecule has 2 aromatic heterocycles. The van der Waals surface area contributed by atoms with Crippen molar-refractivity contribution < 1.29 is 8.83 Å². The lowest BCUT2D eigenvalue weighted by molar-refractivity contribution is 0.231. The van der Waals surface area contributed by atoms with Crippen molar-refractivity contribution in [1.82, 2.24) is 10.3 Å². The summed E-state index contributed by atoms with van der Waals surface area (Å²) in [7, 11) is 0. The van der Waals surface area contributed by atoms with E-state index in [9.17, 15) is 0 Å². The van der Waals surface area contributed by atoms with Crippen molar-refractivity contribution in [3.05, 3.63) is 41.5 Å². The number of aromatic nitrogens is 1. The van der Waals surface area contributed by atoms with Gasteiger partial charge in [0.15, 0.2) is 6.39 Å². The second kappa shape index (κ2) is 4.53. The quantitative estimate of drug-likeness (QED) is 0.919. The normalized spacial score (nSPS) is 21.3. The maximum atomic E-state index is 5.83. The predicted molar refractivity (Wildman–Crippen MR) is 71.6 cm³/mol. The van der Waals surface area contributed by atoms with Crippen LogP contribution in [0.25, 0.3) is 0 Å². The Morgan fingerprint density at radius 2 is 2.32 bits per heavy atom. The maximum absolute atomic E-state index is 5.83. The minimum Gasteiger partial charge on any atom is -0.466 e. The molecule has 19 heavy (non-hydrogen) atoms. The lowest BCUT2D eigenvalue weighted by Crippen LogP contribution is -2.32. The second-order valence-electron chi connectivity index (χ2n) is 6.18. The van der Waals surface area contributed by atoms with Crippen molar-refractivity contribution in [2.24, 2.45) is 5.41 Å². The fourth-order valence-electron chi connectivity index (χ4n) is 2.92. The monoisotopic (exact) mass is 260 g/mol. The molecule has 1 atom stereocenters. The fraction of sp³-hybridized carbons (Fsp3) is 0.533. The van der Waals surface area contributed by atoms with Crippen molar-refractivity contribution in [3.63, 3.8) is 0 Å². The molecule has 1 N–H and O–H groups in total. The largest absolute Gasteiger partial charge is 0.466 e. The van der Waals surface area contributed by atoms with Crippen LogP contribution in [0.1, 0.15) is 49.2 Å². The summed E-state index contributed by atoms with van der Waals surface area (Å²) in [5, 5.41) is 3.56. The Bertz CT molecular complexity index is 555. The molecule has 0 saturated heterocycles. The summed E-state index contributed by atoms with van der Waals surface area (Å²) < 4.78 is 11.1. The lowest BCUT2D eigenvalue weighted by atomic mass is 9.75. The Labute approximate surface area is 113 Å². The van der Waals surface area contributed by atoms with Gasteiger partial charge in [-0.15, -0.1) is 0 Å². The third-order valence-electron chi connectivity index (χ3n) is 3.74. The molecule has 1 unspecified atom stereocenters. The van der Waals surface area contributed by atoms with Gasteiger partial charge in [-0.25, -0.2) is 4.98 Å². The highest BCUT2D eigenvalue weighted by molar-refractivity contribution is 5.29. The zero-order valence-electron chi connectivity index (χ0n) is 11.7. The summed E-state index contributed by atoms with van der Waals surface area (Å²) in [5.41, 5.74) is 1.56. The third-order valence-corrected chi connectivity index (χ3v) is 3.74. The van der Waals surface area contributed by atoms with Gasteiger partial charge in [0.2, 0.25) is 0 Å². The Morgan fingerprint density at radius 3 is 3.05 bits per heavy atom. The van der Waals surface area contributed by atoms with Crippen LogP contribution in [0, 0.1) is 12.3 Å². The number of oxazole rings is 1. The highest BCUT2D eigenvalue weighted by atomic mass is 16.3. The zero-order valence-corrected chi connectivity index (χ0v) is 11.7. The van der Waals surface area contributed by atoms with Crippen LogP contribution in [0.5, 0.6) is 0 Å². The van der Waals surface area contributed by atoms with Crippen LogP contribution in [0.2, 0.25) is 0 Å². The number of nitrogens with zero attached hydrogens (tertiary/aromatic N) is 1. The van der Waals surface area contributed by atoms with Gasteiger partial charge in [0.05, 0.1) is 12.7 Å². The Hall–Kier alpha value is -1.55. The first-order chi connectivity index (χ1) is 9.03. The van der Waals surface area contributed by atoms with E-state index in [1.165, 1.54) is 12.0 Å². The van der Waals surface area contributed by atoms with E-state index >= 15 is 0 Å². The smallest absolute Gasteiger partial charge is 0.180 e. The number of hydrogen-bond donors (Lipinski definition) is 1. The highest BCUT2D eigenvalue weighted by Crippen LogP contribution is 2.42. The van der Waals surface area contributed by atoms with E-state index in [1.54, 1.807) is 6.20 Å². The molecule has 0 fully saturated rings. The van der Waals surface area contributed by atoms with Crippen molar-refractivity contribution in [3.8, 4) is 0 Å². The van der Waals surface area contributed by atoms with Crippen LogP contribution in [-0.2, 0) is 13.0 Å². The number of hydrogen-bond acceptors (Lipinski definition) is 4. The zero-order chi connectivity index (χ0) is 13.5. The van der Waals surface area contributed by atoms with Crippen molar-refractivity contribution in [2.45, 2.75) is 46.2 Å². The second-order valence-corrected chi connectivity index (χ2v) is 6.18. The molecular weight excluding hydrogens is 240 g/mol. The SMILES string of the molecule is Cc1cc2c(o1)CC(C)(C)CC2NCc1cnco1. The molecule has 0 aromatic carbocycles. The standard InChI is InChI=1S/C15H20N2O2/c1-10-4-12-13(17-8-11-7-16-9-18-11)5-15(2,3)6-14(12)19-10/h4,7,9,13,17H,5-6,8H2,1-3H3. The molecule has 102 valence electrons. The van der Waals surface area contributed by atoms with Gasteiger partial charge in [-0.2, -0.15) is 0 Å². The van der Waals surface area contributed by atoms with Crippen LogP contribution in [0.4, 0.5) is 0 Å². The van der Waals surface area contributed by atoms with Crippen molar-refractivity contribution in [2.75, 3.05) is 0 Å². The van der Waals surface area contributed by atoms with E-state index in [4.69, 9.17) is 8.83 Å². The molecule has 4 nitrogen and oxygen atoms in total. The molecule has 2 heterocycles. The molecule has 0 bridgehead atoms. The van der Waals surface area contributed by atoms with E-state index in [2.05, 4.69) is 30.2 Å². The summed E-state index contributed by atoms with van der Waals surface area (Å²) in [6.07, 6.45) is 5.33. The van der Waals surface area contributed by atoms with Crippen LogP contribution < -0.4 is 5.32 Å². The first kappa shape index (κ1) is 12.5. The number of nitrogens with one attached hydrogen (secondary N) is 1. The Balaban J connectivity index is 1.80.